The average molecular weight is 641 g/mol. The molecule has 0 unspecified atom stereocenters. The van der Waals surface area contributed by atoms with Crippen LogP contribution in [0.5, 0.6) is 0 Å². The molecule has 4 heterocycles. The maximum Gasteiger partial charge on any atom is 0.238 e. The predicted octanol–water partition coefficient (Wildman–Crippen LogP) is 10.5. The van der Waals surface area contributed by atoms with Gasteiger partial charge in [0.2, 0.25) is 5.95 Å². The van der Waals surface area contributed by atoms with E-state index in [2.05, 4.69) is 111 Å². The lowest BCUT2D eigenvalue weighted by atomic mass is 9.98. The normalized spacial score (nSPS) is 11.6. The first-order valence-corrected chi connectivity index (χ1v) is 16.7. The Morgan fingerprint density at radius 1 is 0.400 bits per heavy atom. The molecule has 4 aromatic heterocycles. The molecule has 0 aliphatic rings. The Kier molecular flexibility index (Phi) is 6.39. The van der Waals surface area contributed by atoms with Gasteiger partial charge in [-0.15, -0.1) is 0 Å². The number of pyridine rings is 1. The Balaban J connectivity index is 1.24. The molecule has 6 aromatic carbocycles. The molecule has 0 fully saturated rings. The zero-order valence-corrected chi connectivity index (χ0v) is 26.8. The van der Waals surface area contributed by atoms with Crippen LogP contribution in [0.4, 0.5) is 0 Å². The van der Waals surface area contributed by atoms with Crippen molar-refractivity contribution in [3.63, 3.8) is 0 Å². The van der Waals surface area contributed by atoms with E-state index >= 15 is 0 Å². The smallest absolute Gasteiger partial charge is 0.238 e. The van der Waals surface area contributed by atoms with Crippen LogP contribution in [0.1, 0.15) is 0 Å². The summed E-state index contributed by atoms with van der Waals surface area (Å²) in [4.78, 5) is 19.7. The molecule has 6 nitrogen and oxygen atoms in total. The highest BCUT2D eigenvalue weighted by Crippen LogP contribution is 2.40. The maximum atomic E-state index is 5.12. The van der Waals surface area contributed by atoms with Crippen LogP contribution in [0.25, 0.3) is 89.2 Å². The highest BCUT2D eigenvalue weighted by Gasteiger charge is 2.21. The summed E-state index contributed by atoms with van der Waals surface area (Å²) in [5.74, 6) is 1.84. The van der Waals surface area contributed by atoms with Crippen LogP contribution in [-0.4, -0.2) is 29.1 Å². The zero-order valence-electron chi connectivity index (χ0n) is 26.8. The molecule has 0 spiro atoms. The number of hydrogen-bond donors (Lipinski definition) is 0. The van der Waals surface area contributed by atoms with Gasteiger partial charge in [0.1, 0.15) is 0 Å². The molecular weight excluding hydrogens is 613 g/mol. The van der Waals surface area contributed by atoms with Crippen LogP contribution < -0.4 is 0 Å². The van der Waals surface area contributed by atoms with Crippen LogP contribution in [0.3, 0.4) is 0 Å². The first kappa shape index (κ1) is 28.1. The molecule has 10 rings (SSSR count). The standard InChI is InChI=1S/C44H28N6/c1-4-13-29(14-5-1)42-46-43(30-15-6-2-7-16-30)48-44(47-42)50-37-21-11-10-19-35(37)41-33(20-12-22-39(41)50)31-23-24-34-36-28-45-26-25-38(36)49(40(34)27-31)32-17-8-3-9-18-32/h1-28H. The Morgan fingerprint density at radius 2 is 1.04 bits per heavy atom. The topological polar surface area (TPSA) is 61.4 Å². The maximum absolute atomic E-state index is 5.12. The Labute approximate surface area is 287 Å². The van der Waals surface area contributed by atoms with Crippen LogP contribution in [0, 0.1) is 0 Å². The minimum Gasteiger partial charge on any atom is -0.309 e. The third-order valence-corrected chi connectivity index (χ3v) is 9.48. The fourth-order valence-electron chi connectivity index (χ4n) is 7.26. The van der Waals surface area contributed by atoms with Gasteiger partial charge in [0, 0.05) is 50.8 Å². The average Bonchev–Trinajstić information content (AvgIpc) is 3.71. The van der Waals surface area contributed by atoms with Gasteiger partial charge in [0.05, 0.1) is 22.1 Å². The monoisotopic (exact) mass is 640 g/mol. The summed E-state index contributed by atoms with van der Waals surface area (Å²) < 4.78 is 4.51. The van der Waals surface area contributed by atoms with Crippen molar-refractivity contribution < 1.29 is 0 Å². The second-order valence-corrected chi connectivity index (χ2v) is 12.4. The van der Waals surface area contributed by atoms with Gasteiger partial charge in [-0.05, 0) is 47.5 Å². The van der Waals surface area contributed by atoms with Crippen molar-refractivity contribution in [3.05, 3.63) is 170 Å². The molecule has 0 N–H and O–H groups in total. The highest BCUT2D eigenvalue weighted by atomic mass is 15.2. The quantitative estimate of drug-likeness (QED) is 0.188. The molecule has 50 heavy (non-hydrogen) atoms. The highest BCUT2D eigenvalue weighted by molar-refractivity contribution is 6.17. The molecule has 0 aliphatic carbocycles. The van der Waals surface area contributed by atoms with E-state index in [1.807, 2.05) is 73.1 Å². The number of benzene rings is 6. The van der Waals surface area contributed by atoms with Gasteiger partial charge in [-0.25, -0.2) is 4.98 Å². The molecule has 234 valence electrons. The number of nitrogens with zero attached hydrogens (tertiary/aromatic N) is 6. The van der Waals surface area contributed by atoms with Gasteiger partial charge in [-0.1, -0.05) is 121 Å². The summed E-state index contributed by atoms with van der Waals surface area (Å²) in [5.41, 5.74) is 9.59. The third kappa shape index (κ3) is 4.43. The van der Waals surface area contributed by atoms with Crippen molar-refractivity contribution in [1.82, 2.24) is 29.1 Å². The van der Waals surface area contributed by atoms with Crippen molar-refractivity contribution in [2.24, 2.45) is 0 Å². The summed E-state index contributed by atoms with van der Waals surface area (Å²) in [7, 11) is 0. The lowest BCUT2D eigenvalue weighted by Crippen LogP contribution is -2.06. The van der Waals surface area contributed by atoms with Crippen LogP contribution >= 0.6 is 0 Å². The van der Waals surface area contributed by atoms with Crippen molar-refractivity contribution in [1.29, 1.82) is 0 Å². The van der Waals surface area contributed by atoms with Crippen molar-refractivity contribution >= 4 is 43.6 Å². The number of rotatable bonds is 5. The lowest BCUT2D eigenvalue weighted by Gasteiger charge is -2.11. The molecule has 10 aromatic rings. The molecule has 6 heteroatoms. The zero-order chi connectivity index (χ0) is 33.0. The summed E-state index contributed by atoms with van der Waals surface area (Å²) in [5, 5.41) is 4.58. The third-order valence-electron chi connectivity index (χ3n) is 9.48. The van der Waals surface area contributed by atoms with Gasteiger partial charge in [-0.2, -0.15) is 9.97 Å². The summed E-state index contributed by atoms with van der Waals surface area (Å²) >= 11 is 0. The van der Waals surface area contributed by atoms with E-state index in [0.29, 0.717) is 17.6 Å². The van der Waals surface area contributed by atoms with E-state index in [1.165, 1.54) is 5.39 Å². The molecule has 0 saturated heterocycles. The summed E-state index contributed by atoms with van der Waals surface area (Å²) in [6.45, 7) is 0. The molecule has 0 radical (unpaired) electrons. The van der Waals surface area contributed by atoms with Crippen molar-refractivity contribution in [3.8, 4) is 45.5 Å². The van der Waals surface area contributed by atoms with E-state index in [0.717, 1.165) is 66.2 Å². The van der Waals surface area contributed by atoms with E-state index in [4.69, 9.17) is 15.0 Å². The number of para-hydroxylation sites is 2. The first-order chi connectivity index (χ1) is 24.8. The van der Waals surface area contributed by atoms with Crippen LogP contribution in [0.2, 0.25) is 0 Å². The molecule has 0 bridgehead atoms. The SMILES string of the molecule is c1ccc(-c2nc(-c3ccccc3)nc(-n3c4ccccc4c4c(-c5ccc6c7cnccc7n(-c7ccccc7)c6c5)cccc43)n2)cc1. The van der Waals surface area contributed by atoms with E-state index in [-0.39, 0.29) is 0 Å². The minimum absolute atomic E-state index is 0.577. The van der Waals surface area contributed by atoms with E-state index in [1.54, 1.807) is 0 Å². The first-order valence-electron chi connectivity index (χ1n) is 16.7. The second-order valence-electron chi connectivity index (χ2n) is 12.4. The number of aromatic nitrogens is 6. The fraction of sp³-hybridized carbons (Fsp3) is 0. The predicted molar refractivity (Wildman–Crippen MR) is 203 cm³/mol. The number of hydrogen-bond acceptors (Lipinski definition) is 4. The molecule has 0 atom stereocenters. The van der Waals surface area contributed by atoms with Gasteiger partial charge in [0.25, 0.3) is 0 Å². The van der Waals surface area contributed by atoms with Gasteiger partial charge in [0.15, 0.2) is 11.6 Å². The molecular formula is C44H28N6. The van der Waals surface area contributed by atoms with Gasteiger partial charge in [-0.3, -0.25) is 9.55 Å². The second kappa shape index (κ2) is 11.4. The van der Waals surface area contributed by atoms with Crippen LogP contribution in [0.15, 0.2) is 170 Å². The Bertz CT molecular complexity index is 2800. The largest absolute Gasteiger partial charge is 0.309 e. The Morgan fingerprint density at radius 3 is 1.78 bits per heavy atom. The fourth-order valence-corrected chi connectivity index (χ4v) is 7.26. The lowest BCUT2D eigenvalue weighted by molar-refractivity contribution is 0.953. The van der Waals surface area contributed by atoms with E-state index < -0.39 is 0 Å². The summed E-state index contributed by atoms with van der Waals surface area (Å²) in [6.07, 6.45) is 3.83. The van der Waals surface area contributed by atoms with E-state index in [9.17, 15) is 0 Å². The Hall–Kier alpha value is -6.92. The van der Waals surface area contributed by atoms with Gasteiger partial charge >= 0.3 is 0 Å². The molecule has 0 saturated carbocycles. The van der Waals surface area contributed by atoms with Crippen molar-refractivity contribution in [2.75, 3.05) is 0 Å². The minimum atomic E-state index is 0.577. The number of fused-ring (bicyclic) bond motifs is 6. The molecule has 0 aliphatic heterocycles. The summed E-state index contributed by atoms with van der Waals surface area (Å²) in [6, 6.07) is 54.7. The molecule has 0 amide bonds. The van der Waals surface area contributed by atoms with Gasteiger partial charge < -0.3 is 4.57 Å². The van der Waals surface area contributed by atoms with Crippen LogP contribution in [-0.2, 0) is 0 Å². The van der Waals surface area contributed by atoms with Crippen molar-refractivity contribution in [2.45, 2.75) is 0 Å².